The number of carbonyl (C=O) groups is 1. The number of amides is 1. The van der Waals surface area contributed by atoms with E-state index in [0.29, 0.717) is 15.6 Å². The number of hydrogen-bond acceptors (Lipinski definition) is 2. The van der Waals surface area contributed by atoms with E-state index in [1.165, 1.54) is 24.1 Å². The average Bonchev–Trinajstić information content (AvgIpc) is 3.09. The molecule has 3 rings (SSSR count). The van der Waals surface area contributed by atoms with E-state index >= 15 is 0 Å². The Bertz CT molecular complexity index is 871. The molecule has 1 N–H and O–H groups in total. The lowest BCUT2D eigenvalue weighted by molar-refractivity contribution is 0.102. The molecule has 0 aromatic heterocycles. The number of halogens is 2. The summed E-state index contributed by atoms with van der Waals surface area (Å²) in [5, 5.41) is 3.82. The molecule has 3 nitrogen and oxygen atoms in total. The Morgan fingerprint density at radius 3 is 2.31 bits per heavy atom. The van der Waals surface area contributed by atoms with Gasteiger partial charge < -0.3 is 10.2 Å². The zero-order valence-electron chi connectivity index (χ0n) is 15.7. The molecule has 1 heterocycles. The van der Waals surface area contributed by atoms with Gasteiger partial charge in [0.15, 0.2) is 0 Å². The molecular weight excluding hydrogens is 367 g/mol. The summed E-state index contributed by atoms with van der Waals surface area (Å²) in [6.07, 6.45) is 2.42. The highest BCUT2D eigenvalue weighted by Crippen LogP contribution is 2.36. The first-order chi connectivity index (χ1) is 12.3. The van der Waals surface area contributed by atoms with Crippen LogP contribution in [0.4, 0.5) is 11.4 Å². The quantitative estimate of drug-likeness (QED) is 0.688. The summed E-state index contributed by atoms with van der Waals surface area (Å²) in [6, 6.07) is 5.66. The number of rotatable bonds is 3. The molecule has 26 heavy (non-hydrogen) atoms. The zero-order chi connectivity index (χ0) is 19.0. The Morgan fingerprint density at radius 2 is 1.65 bits per heavy atom. The van der Waals surface area contributed by atoms with Gasteiger partial charge in [-0.05, 0) is 68.9 Å². The van der Waals surface area contributed by atoms with E-state index in [1.54, 1.807) is 6.07 Å². The van der Waals surface area contributed by atoms with Crippen LogP contribution in [0.2, 0.25) is 10.0 Å². The first kappa shape index (κ1) is 19.1. The number of hydrogen-bond donors (Lipinski definition) is 1. The molecule has 1 amide bonds. The van der Waals surface area contributed by atoms with Crippen molar-refractivity contribution in [3.63, 3.8) is 0 Å². The van der Waals surface area contributed by atoms with Crippen molar-refractivity contribution < 1.29 is 4.79 Å². The fraction of sp³-hybridized carbons (Fsp3) is 0.381. The van der Waals surface area contributed by atoms with Crippen LogP contribution in [0.5, 0.6) is 0 Å². The van der Waals surface area contributed by atoms with Crippen LogP contribution in [-0.4, -0.2) is 19.0 Å². The van der Waals surface area contributed by atoms with Gasteiger partial charge in [-0.1, -0.05) is 35.3 Å². The highest BCUT2D eigenvalue weighted by molar-refractivity contribution is 6.40. The summed E-state index contributed by atoms with van der Waals surface area (Å²) in [5.41, 5.74) is 6.60. The van der Waals surface area contributed by atoms with Crippen molar-refractivity contribution in [2.24, 2.45) is 0 Å². The molecule has 0 atom stereocenters. The summed E-state index contributed by atoms with van der Waals surface area (Å²) >= 11 is 12.6. The minimum atomic E-state index is -0.272. The largest absolute Gasteiger partial charge is 0.371 e. The molecule has 138 valence electrons. The number of nitrogens with one attached hydrogen (secondary N) is 1. The summed E-state index contributed by atoms with van der Waals surface area (Å²) < 4.78 is 0. The van der Waals surface area contributed by atoms with Gasteiger partial charge in [0, 0.05) is 24.5 Å². The van der Waals surface area contributed by atoms with Gasteiger partial charge >= 0.3 is 0 Å². The molecule has 1 aliphatic heterocycles. The second kappa shape index (κ2) is 7.50. The molecule has 2 aromatic carbocycles. The van der Waals surface area contributed by atoms with Crippen molar-refractivity contribution in [2.45, 2.75) is 40.5 Å². The lowest BCUT2D eigenvalue weighted by Crippen LogP contribution is -2.22. The van der Waals surface area contributed by atoms with Crippen molar-refractivity contribution in [2.75, 3.05) is 23.3 Å². The third kappa shape index (κ3) is 3.43. The van der Waals surface area contributed by atoms with E-state index in [1.807, 2.05) is 19.9 Å². The van der Waals surface area contributed by atoms with E-state index in [9.17, 15) is 4.79 Å². The Labute approximate surface area is 165 Å². The molecule has 0 spiro atoms. The number of nitrogens with zero attached hydrogens (tertiary/aromatic N) is 1. The van der Waals surface area contributed by atoms with Crippen LogP contribution in [-0.2, 0) is 0 Å². The first-order valence-electron chi connectivity index (χ1n) is 8.93. The van der Waals surface area contributed by atoms with Gasteiger partial charge in [0.05, 0.1) is 15.6 Å². The van der Waals surface area contributed by atoms with Crippen LogP contribution >= 0.6 is 23.2 Å². The average molecular weight is 391 g/mol. The first-order valence-corrected chi connectivity index (χ1v) is 9.68. The summed E-state index contributed by atoms with van der Waals surface area (Å²) in [5.74, 6) is -0.272. The van der Waals surface area contributed by atoms with Crippen molar-refractivity contribution >= 4 is 40.5 Å². The van der Waals surface area contributed by atoms with E-state index in [0.717, 1.165) is 35.5 Å². The van der Waals surface area contributed by atoms with E-state index in [2.05, 4.69) is 30.1 Å². The number of benzene rings is 2. The molecule has 0 unspecified atom stereocenters. The van der Waals surface area contributed by atoms with E-state index in [4.69, 9.17) is 23.2 Å². The van der Waals surface area contributed by atoms with Crippen molar-refractivity contribution in [1.82, 2.24) is 0 Å². The highest BCUT2D eigenvalue weighted by Gasteiger charge is 2.22. The fourth-order valence-electron chi connectivity index (χ4n) is 3.84. The van der Waals surface area contributed by atoms with Crippen molar-refractivity contribution in [3.05, 3.63) is 56.1 Å². The van der Waals surface area contributed by atoms with Gasteiger partial charge in [0.25, 0.3) is 5.91 Å². The van der Waals surface area contributed by atoms with Crippen LogP contribution in [0.25, 0.3) is 0 Å². The molecule has 0 bridgehead atoms. The van der Waals surface area contributed by atoms with Gasteiger partial charge in [0.1, 0.15) is 0 Å². The van der Waals surface area contributed by atoms with Gasteiger partial charge in [-0.15, -0.1) is 0 Å². The smallest absolute Gasteiger partial charge is 0.258 e. The Kier molecular flexibility index (Phi) is 5.50. The van der Waals surface area contributed by atoms with Gasteiger partial charge in [-0.3, -0.25) is 4.79 Å². The van der Waals surface area contributed by atoms with Gasteiger partial charge in [-0.2, -0.15) is 0 Å². The van der Waals surface area contributed by atoms with Crippen LogP contribution < -0.4 is 10.2 Å². The summed E-state index contributed by atoms with van der Waals surface area (Å²) in [7, 11) is 0. The lowest BCUT2D eigenvalue weighted by atomic mass is 10.0. The summed E-state index contributed by atoms with van der Waals surface area (Å²) in [4.78, 5) is 15.3. The second-order valence-corrected chi connectivity index (χ2v) is 7.85. The van der Waals surface area contributed by atoms with Crippen LogP contribution in [0.15, 0.2) is 18.2 Å². The molecule has 0 saturated carbocycles. The van der Waals surface area contributed by atoms with Crippen molar-refractivity contribution in [1.29, 1.82) is 0 Å². The molecule has 1 saturated heterocycles. The van der Waals surface area contributed by atoms with Crippen molar-refractivity contribution in [3.8, 4) is 0 Å². The van der Waals surface area contributed by atoms with Gasteiger partial charge in [0.2, 0.25) is 0 Å². The van der Waals surface area contributed by atoms with Crippen LogP contribution in [0.1, 0.15) is 45.5 Å². The molecule has 2 aromatic rings. The van der Waals surface area contributed by atoms with Crippen LogP contribution in [0.3, 0.4) is 0 Å². The molecule has 1 fully saturated rings. The molecule has 5 heteroatoms. The third-order valence-electron chi connectivity index (χ3n) is 5.10. The SMILES string of the molecule is Cc1ccc(Cl)c(C(=O)Nc2c(C)cc(C)c(N3CCCC3)c2C)c1Cl. The predicted molar refractivity (Wildman–Crippen MR) is 111 cm³/mol. The Balaban J connectivity index is 2.01. The minimum Gasteiger partial charge on any atom is -0.371 e. The molecule has 0 radical (unpaired) electrons. The predicted octanol–water partition coefficient (Wildman–Crippen LogP) is 6.08. The number of carbonyl (C=O) groups excluding carboxylic acids is 1. The third-order valence-corrected chi connectivity index (χ3v) is 5.91. The molecule has 1 aliphatic rings. The second-order valence-electron chi connectivity index (χ2n) is 7.06. The minimum absolute atomic E-state index is 0.272. The fourth-order valence-corrected chi connectivity index (χ4v) is 4.38. The maximum absolute atomic E-state index is 12.9. The Hall–Kier alpha value is -1.71. The van der Waals surface area contributed by atoms with E-state index in [-0.39, 0.29) is 5.91 Å². The highest BCUT2D eigenvalue weighted by atomic mass is 35.5. The normalized spacial score (nSPS) is 14.0. The number of aryl methyl sites for hydroxylation is 3. The van der Waals surface area contributed by atoms with Crippen LogP contribution in [0, 0.1) is 27.7 Å². The maximum atomic E-state index is 12.9. The monoisotopic (exact) mass is 390 g/mol. The van der Waals surface area contributed by atoms with E-state index < -0.39 is 0 Å². The number of anilines is 2. The lowest BCUT2D eigenvalue weighted by Gasteiger charge is -2.26. The topological polar surface area (TPSA) is 32.3 Å². The Morgan fingerprint density at radius 1 is 1.00 bits per heavy atom. The maximum Gasteiger partial charge on any atom is 0.258 e. The standard InChI is InChI=1S/C21H24Cl2N2O/c1-12-7-8-16(22)17(18(12)23)21(26)24-19-13(2)11-14(3)20(15(19)4)25-9-5-6-10-25/h7-8,11H,5-6,9-10H2,1-4H3,(H,24,26). The summed E-state index contributed by atoms with van der Waals surface area (Å²) in [6.45, 7) is 10.2. The molecular formula is C21H24Cl2N2O. The molecule has 0 aliphatic carbocycles. The zero-order valence-corrected chi connectivity index (χ0v) is 17.2. The van der Waals surface area contributed by atoms with Gasteiger partial charge in [-0.25, -0.2) is 0 Å².